The first-order valence-corrected chi connectivity index (χ1v) is 7.16. The second kappa shape index (κ2) is 10.9. The first-order chi connectivity index (χ1) is 10.5. The highest BCUT2D eigenvalue weighted by molar-refractivity contribution is 5.91. The fraction of sp³-hybridized carbons (Fsp3) is 0.562. The van der Waals surface area contributed by atoms with Crippen LogP contribution in [0.1, 0.15) is 49.5 Å². The minimum absolute atomic E-state index is 0.0367. The first-order valence-electron chi connectivity index (χ1n) is 7.16. The molecule has 0 saturated carbocycles. The van der Waals surface area contributed by atoms with E-state index < -0.39 is 5.97 Å². The van der Waals surface area contributed by atoms with Crippen LogP contribution in [0.25, 0.3) is 0 Å². The van der Waals surface area contributed by atoms with E-state index in [1.54, 1.807) is 12.1 Å². The Labute approximate surface area is 131 Å². The maximum absolute atomic E-state index is 11.3. The molecule has 0 aliphatic carbocycles. The molecule has 6 heteroatoms. The lowest BCUT2D eigenvalue weighted by Gasteiger charge is -2.17. The molecule has 0 spiro atoms. The number of benzene rings is 1. The van der Waals surface area contributed by atoms with E-state index in [4.69, 9.17) is 18.9 Å². The van der Waals surface area contributed by atoms with Gasteiger partial charge in [0.2, 0.25) is 0 Å². The summed E-state index contributed by atoms with van der Waals surface area (Å²) in [6, 6.07) is 3.11. The predicted octanol–water partition coefficient (Wildman–Crippen LogP) is 3.50. The molecule has 0 unspecified atom stereocenters. The molecule has 0 atom stereocenters. The summed E-state index contributed by atoms with van der Waals surface area (Å²) < 4.78 is 20.4. The third-order valence-corrected chi connectivity index (χ3v) is 2.63. The van der Waals surface area contributed by atoms with Crippen molar-refractivity contribution in [1.29, 1.82) is 0 Å². The molecule has 0 heterocycles. The summed E-state index contributed by atoms with van der Waals surface area (Å²) in [7, 11) is 2.98. The van der Waals surface area contributed by atoms with Gasteiger partial charge in [0.1, 0.15) is 17.1 Å². The molecular weight excluding hydrogens is 288 g/mol. The van der Waals surface area contributed by atoms with E-state index in [0.29, 0.717) is 5.75 Å². The Bertz CT molecular complexity index is 456. The summed E-state index contributed by atoms with van der Waals surface area (Å²) in [5.74, 6) is -0.208. The lowest BCUT2D eigenvalue weighted by Crippen LogP contribution is -2.09. The predicted molar refractivity (Wildman–Crippen MR) is 83.8 cm³/mol. The number of hydrogen-bond donors (Lipinski definition) is 1. The van der Waals surface area contributed by atoms with Crippen molar-refractivity contribution in [3.63, 3.8) is 0 Å². The van der Waals surface area contributed by atoms with Gasteiger partial charge in [-0.15, -0.1) is 0 Å². The Morgan fingerprint density at radius 3 is 1.95 bits per heavy atom. The number of carboxylic acid groups (broad SMARTS) is 1. The van der Waals surface area contributed by atoms with Gasteiger partial charge in [-0.25, -0.2) is 4.79 Å². The molecule has 126 valence electrons. The molecule has 1 aromatic carbocycles. The van der Waals surface area contributed by atoms with Crippen molar-refractivity contribution < 1.29 is 28.8 Å². The maximum atomic E-state index is 11.3. The van der Waals surface area contributed by atoms with Crippen LogP contribution in [-0.4, -0.2) is 38.9 Å². The van der Waals surface area contributed by atoms with Crippen LogP contribution < -0.4 is 9.47 Å². The molecule has 1 N–H and O–H groups in total. The van der Waals surface area contributed by atoms with Crippen LogP contribution in [0.4, 0.5) is 0 Å². The van der Waals surface area contributed by atoms with E-state index in [1.165, 1.54) is 14.2 Å². The largest absolute Gasteiger partial charge is 0.478 e. The van der Waals surface area contributed by atoms with E-state index in [1.807, 2.05) is 27.7 Å². The van der Waals surface area contributed by atoms with E-state index in [0.717, 1.165) is 5.56 Å². The number of rotatable bonds is 8. The van der Waals surface area contributed by atoms with Crippen molar-refractivity contribution in [1.82, 2.24) is 0 Å². The SMILES string of the molecule is CC.COCOc1cc(OCOC)c(C(C)C)cc1C(=O)O. The molecule has 1 aromatic rings. The van der Waals surface area contributed by atoms with Crippen LogP contribution >= 0.6 is 0 Å². The fourth-order valence-corrected chi connectivity index (χ4v) is 1.69. The number of carbonyl (C=O) groups is 1. The molecule has 0 aliphatic heterocycles. The summed E-state index contributed by atoms with van der Waals surface area (Å²) in [5.41, 5.74) is 0.861. The number of aromatic carboxylic acids is 1. The second-order valence-electron chi connectivity index (χ2n) is 4.45. The summed E-state index contributed by atoms with van der Waals surface area (Å²) in [4.78, 5) is 11.3. The first kappa shape index (κ1) is 20.2. The van der Waals surface area contributed by atoms with E-state index in [2.05, 4.69) is 0 Å². The topological polar surface area (TPSA) is 74.2 Å². The highest BCUT2D eigenvalue weighted by atomic mass is 16.7. The monoisotopic (exact) mass is 314 g/mol. The number of hydrogen-bond acceptors (Lipinski definition) is 5. The van der Waals surface area contributed by atoms with Crippen molar-refractivity contribution in [3.05, 3.63) is 23.3 Å². The Morgan fingerprint density at radius 1 is 1.05 bits per heavy atom. The van der Waals surface area contributed by atoms with Gasteiger partial charge in [-0.3, -0.25) is 0 Å². The molecule has 0 saturated heterocycles. The third kappa shape index (κ3) is 5.91. The minimum Gasteiger partial charge on any atom is -0.478 e. The van der Waals surface area contributed by atoms with Crippen LogP contribution in [0.3, 0.4) is 0 Å². The standard InChI is InChI=1S/C14H20O6.C2H6/c1-9(2)10-5-11(14(15)16)13(20-8-18-4)6-12(10)19-7-17-3;1-2/h5-6,9H,7-8H2,1-4H3,(H,15,16);1-2H3. The van der Waals surface area contributed by atoms with Gasteiger partial charge in [-0.1, -0.05) is 27.7 Å². The van der Waals surface area contributed by atoms with Crippen molar-refractivity contribution >= 4 is 5.97 Å². The summed E-state index contributed by atoms with van der Waals surface area (Å²) in [6.07, 6.45) is 0. The lowest BCUT2D eigenvalue weighted by molar-refractivity contribution is 0.0440. The minimum atomic E-state index is -1.06. The summed E-state index contributed by atoms with van der Waals surface area (Å²) >= 11 is 0. The van der Waals surface area contributed by atoms with Gasteiger partial charge in [0, 0.05) is 20.3 Å². The highest BCUT2D eigenvalue weighted by Gasteiger charge is 2.19. The number of carboxylic acids is 1. The van der Waals surface area contributed by atoms with Gasteiger partial charge in [0.05, 0.1) is 0 Å². The van der Waals surface area contributed by atoms with Crippen LogP contribution in [0.15, 0.2) is 12.1 Å². The average molecular weight is 314 g/mol. The van der Waals surface area contributed by atoms with E-state index >= 15 is 0 Å². The zero-order chi connectivity index (χ0) is 17.1. The molecule has 0 bridgehead atoms. The van der Waals surface area contributed by atoms with Crippen molar-refractivity contribution in [2.45, 2.75) is 33.6 Å². The van der Waals surface area contributed by atoms with Gasteiger partial charge < -0.3 is 24.1 Å². The smallest absolute Gasteiger partial charge is 0.339 e. The molecular formula is C16H26O6. The highest BCUT2D eigenvalue weighted by Crippen LogP contribution is 2.34. The van der Waals surface area contributed by atoms with Crippen LogP contribution in [0, 0.1) is 0 Å². The van der Waals surface area contributed by atoms with Gasteiger partial charge >= 0.3 is 5.97 Å². The second-order valence-corrected chi connectivity index (χ2v) is 4.45. The maximum Gasteiger partial charge on any atom is 0.339 e. The summed E-state index contributed by atoms with van der Waals surface area (Å²) in [6.45, 7) is 7.95. The van der Waals surface area contributed by atoms with E-state index in [9.17, 15) is 9.90 Å². The summed E-state index contributed by atoms with van der Waals surface area (Å²) in [5, 5.41) is 9.25. The number of methoxy groups -OCH3 is 2. The van der Waals surface area contributed by atoms with Crippen molar-refractivity contribution in [2.24, 2.45) is 0 Å². The Hall–Kier alpha value is -1.79. The molecule has 6 nitrogen and oxygen atoms in total. The number of ether oxygens (including phenoxy) is 4. The van der Waals surface area contributed by atoms with Gasteiger partial charge in [0.25, 0.3) is 0 Å². The Balaban J connectivity index is 0.00000211. The van der Waals surface area contributed by atoms with Crippen LogP contribution in [-0.2, 0) is 9.47 Å². The fourth-order valence-electron chi connectivity index (χ4n) is 1.69. The van der Waals surface area contributed by atoms with Crippen LogP contribution in [0.2, 0.25) is 0 Å². The zero-order valence-electron chi connectivity index (χ0n) is 14.1. The third-order valence-electron chi connectivity index (χ3n) is 2.63. The molecule has 0 amide bonds. The molecule has 0 aliphatic rings. The Kier molecular flexibility index (Phi) is 9.98. The van der Waals surface area contributed by atoms with Crippen molar-refractivity contribution in [3.8, 4) is 11.5 Å². The van der Waals surface area contributed by atoms with Gasteiger partial charge in [-0.2, -0.15) is 0 Å². The van der Waals surface area contributed by atoms with Crippen molar-refractivity contribution in [2.75, 3.05) is 27.8 Å². The zero-order valence-corrected chi connectivity index (χ0v) is 14.1. The van der Waals surface area contributed by atoms with Gasteiger partial charge in [-0.05, 0) is 17.5 Å². The molecule has 1 rings (SSSR count). The average Bonchev–Trinajstić information content (AvgIpc) is 2.51. The molecule has 0 aromatic heterocycles. The normalized spacial score (nSPS) is 9.95. The molecule has 0 radical (unpaired) electrons. The molecule has 0 fully saturated rings. The quantitative estimate of drug-likeness (QED) is 0.740. The van der Waals surface area contributed by atoms with E-state index in [-0.39, 0.29) is 30.8 Å². The van der Waals surface area contributed by atoms with Gasteiger partial charge in [0.15, 0.2) is 13.6 Å². The van der Waals surface area contributed by atoms with Crippen LogP contribution in [0.5, 0.6) is 11.5 Å². The molecule has 22 heavy (non-hydrogen) atoms. The Morgan fingerprint density at radius 2 is 1.55 bits per heavy atom. The lowest BCUT2D eigenvalue weighted by atomic mass is 9.99.